The highest BCUT2D eigenvalue weighted by atomic mass is 16.5. The second kappa shape index (κ2) is 11.6. The molecule has 46 heavy (non-hydrogen) atoms. The molecule has 1 aliphatic carbocycles. The van der Waals surface area contributed by atoms with Crippen molar-refractivity contribution in [3.63, 3.8) is 0 Å². The summed E-state index contributed by atoms with van der Waals surface area (Å²) in [5.74, 6) is -1.98. The zero-order chi connectivity index (χ0) is 33.2. The molecule has 0 unspecified atom stereocenters. The average Bonchev–Trinajstić information content (AvgIpc) is 3.76. The molecule has 2 aliphatic heterocycles. The van der Waals surface area contributed by atoms with Gasteiger partial charge in [-0.25, -0.2) is 0 Å². The topological polar surface area (TPSA) is 150 Å². The summed E-state index contributed by atoms with van der Waals surface area (Å²) in [6, 6.07) is 6.05. The largest absolute Gasteiger partial charge is 0.512 e. The van der Waals surface area contributed by atoms with Crippen molar-refractivity contribution in [1.82, 2.24) is 19.9 Å². The van der Waals surface area contributed by atoms with E-state index in [4.69, 9.17) is 19.4 Å². The third-order valence-electron chi connectivity index (χ3n) is 10.4. The maximum atomic E-state index is 13.3. The minimum atomic E-state index is -1.07. The van der Waals surface area contributed by atoms with E-state index in [9.17, 15) is 19.8 Å². The summed E-state index contributed by atoms with van der Waals surface area (Å²) in [6.07, 6.45) is 1.47. The van der Waals surface area contributed by atoms with Gasteiger partial charge in [-0.15, -0.1) is 0 Å². The number of esters is 2. The number of fused-ring (bicyclic) bond motifs is 8. The van der Waals surface area contributed by atoms with Gasteiger partial charge in [-0.3, -0.25) is 19.6 Å². The standard InChI is InChI=1S/C36H42N4O6/c1-9-20-15(2)22-14-27-29(19(6)41)17(4)24(38-27)12-23-16(3)21(10-11-28(42)45-7)33(39-23)31-32(36(44)46-8)35(43)30-18(5)25(40-34(30)31)13-26(20)37-22/h12-16,20-21,32,38,40-41,43H,9-11H2,1-8H3/t15-,16+,20-,21+,32-/m1/s1. The number of hydrogen-bond donors (Lipinski definition) is 4. The highest BCUT2D eigenvalue weighted by Crippen LogP contribution is 2.46. The Balaban J connectivity index is 1.81. The number of methoxy groups -OCH3 is 2. The van der Waals surface area contributed by atoms with Crippen molar-refractivity contribution < 1.29 is 29.3 Å². The molecule has 0 amide bonds. The Hall–Kier alpha value is -4.60. The lowest BCUT2D eigenvalue weighted by molar-refractivity contribution is -0.142. The highest BCUT2D eigenvalue weighted by molar-refractivity contribution is 5.96. The lowest BCUT2D eigenvalue weighted by Gasteiger charge is -2.19. The lowest BCUT2D eigenvalue weighted by Crippen LogP contribution is -2.18. The van der Waals surface area contributed by atoms with E-state index in [-0.39, 0.29) is 47.6 Å². The molecular formula is C36H42N4O6. The van der Waals surface area contributed by atoms with Crippen molar-refractivity contribution >= 4 is 45.5 Å². The summed E-state index contributed by atoms with van der Waals surface area (Å²) < 4.78 is 10.2. The number of hydrogen-bond acceptors (Lipinski definition) is 8. The minimum Gasteiger partial charge on any atom is -0.512 e. The second-order valence-electron chi connectivity index (χ2n) is 12.8. The van der Waals surface area contributed by atoms with E-state index < -0.39 is 11.9 Å². The van der Waals surface area contributed by atoms with Crippen LogP contribution < -0.4 is 10.4 Å². The summed E-state index contributed by atoms with van der Waals surface area (Å²) in [7, 11) is 2.67. The van der Waals surface area contributed by atoms with Crippen LogP contribution in [0.15, 0.2) is 18.2 Å². The fourth-order valence-corrected chi connectivity index (χ4v) is 7.74. The van der Waals surface area contributed by atoms with E-state index in [1.54, 1.807) is 6.92 Å². The van der Waals surface area contributed by atoms with Gasteiger partial charge in [0, 0.05) is 74.2 Å². The first-order chi connectivity index (χ1) is 21.9. The molecule has 3 aromatic rings. The normalized spacial score (nSPS) is 22.6. The van der Waals surface area contributed by atoms with Gasteiger partial charge in [0.05, 0.1) is 36.7 Å². The van der Waals surface area contributed by atoms with E-state index in [0.29, 0.717) is 28.4 Å². The van der Waals surface area contributed by atoms with Gasteiger partial charge in [0.2, 0.25) is 0 Å². The number of nitrogens with one attached hydrogen (secondary N) is 2. The SMILES string of the molecule is CC[C@H]1c2cc3[nH]c4c(c5nc(cc6[nH]c(cc(n2)[C@@H]1C)c(=C(C)O)c6C)[C@@H](C)[C@@H]5CCC(=O)OC)[C@@H](C(=O)OC)C(O)=c4c3C. The van der Waals surface area contributed by atoms with Gasteiger partial charge in [0.1, 0.15) is 11.7 Å². The first-order valence-electron chi connectivity index (χ1n) is 15.9. The predicted octanol–water partition coefficient (Wildman–Crippen LogP) is 5.69. The molecule has 5 heterocycles. The monoisotopic (exact) mass is 626 g/mol. The maximum absolute atomic E-state index is 13.3. The van der Waals surface area contributed by atoms with Crippen LogP contribution >= 0.6 is 0 Å². The first kappa shape index (κ1) is 31.4. The third kappa shape index (κ3) is 4.77. The molecule has 0 radical (unpaired) electrons. The first-order valence-corrected chi connectivity index (χ1v) is 15.9. The van der Waals surface area contributed by atoms with Crippen LogP contribution in [0.25, 0.3) is 33.6 Å². The number of carbonyl (C=O) groups excluding carboxylic acids is 2. The van der Waals surface area contributed by atoms with Crippen LogP contribution in [0.1, 0.15) is 116 Å². The number of aliphatic hydroxyl groups is 2. The molecule has 242 valence electrons. The minimum absolute atomic E-state index is 0.0799. The molecule has 0 saturated heterocycles. The number of aryl methyl sites for hydroxylation is 2. The Bertz CT molecular complexity index is 2070. The van der Waals surface area contributed by atoms with Gasteiger partial charge < -0.3 is 29.7 Å². The fraction of sp³-hybridized carbons (Fsp3) is 0.444. The number of rotatable bonds is 5. The predicted molar refractivity (Wildman–Crippen MR) is 176 cm³/mol. The van der Waals surface area contributed by atoms with Crippen LogP contribution in [0, 0.1) is 13.8 Å². The van der Waals surface area contributed by atoms with Gasteiger partial charge in [0.15, 0.2) is 0 Å². The van der Waals surface area contributed by atoms with Crippen molar-refractivity contribution in [2.75, 3.05) is 14.2 Å². The Labute approximate surface area is 267 Å². The zero-order valence-electron chi connectivity index (χ0n) is 27.7. The molecule has 10 heteroatoms. The van der Waals surface area contributed by atoms with E-state index >= 15 is 0 Å². The van der Waals surface area contributed by atoms with E-state index in [2.05, 4.69) is 30.7 Å². The Morgan fingerprint density at radius 2 is 1.52 bits per heavy atom. The van der Waals surface area contributed by atoms with Gasteiger partial charge in [-0.2, -0.15) is 0 Å². The second-order valence-corrected chi connectivity index (χ2v) is 12.8. The Kier molecular flexibility index (Phi) is 7.94. The van der Waals surface area contributed by atoms with E-state index in [0.717, 1.165) is 56.4 Å². The number of nitrogens with zero attached hydrogens (tertiary/aromatic N) is 2. The molecule has 3 aliphatic rings. The summed E-state index contributed by atoms with van der Waals surface area (Å²) >= 11 is 0. The smallest absolute Gasteiger partial charge is 0.321 e. The molecule has 8 bridgehead atoms. The van der Waals surface area contributed by atoms with Crippen molar-refractivity contribution in [3.8, 4) is 0 Å². The molecule has 10 nitrogen and oxygen atoms in total. The molecule has 5 atom stereocenters. The quantitative estimate of drug-likeness (QED) is 0.264. The van der Waals surface area contributed by atoms with Crippen molar-refractivity contribution in [3.05, 3.63) is 68.1 Å². The van der Waals surface area contributed by atoms with Crippen molar-refractivity contribution in [1.29, 1.82) is 0 Å². The van der Waals surface area contributed by atoms with Crippen LogP contribution in [0.5, 0.6) is 0 Å². The van der Waals surface area contributed by atoms with Gasteiger partial charge in [0.25, 0.3) is 0 Å². The number of carbonyl (C=O) groups is 2. The van der Waals surface area contributed by atoms with E-state index in [1.807, 2.05) is 32.0 Å². The molecule has 4 N–H and O–H groups in total. The van der Waals surface area contributed by atoms with Crippen LogP contribution in [-0.2, 0) is 19.1 Å². The molecule has 3 aromatic heterocycles. The summed E-state index contributed by atoms with van der Waals surface area (Å²) in [5.41, 5.74) is 8.42. The van der Waals surface area contributed by atoms with E-state index in [1.165, 1.54) is 14.2 Å². The number of aliphatic hydroxyl groups excluding tert-OH is 2. The van der Waals surface area contributed by atoms with Crippen LogP contribution in [0.2, 0.25) is 0 Å². The van der Waals surface area contributed by atoms with Crippen LogP contribution in [-0.4, -0.2) is 56.3 Å². The number of aromatic amines is 2. The molecule has 0 saturated carbocycles. The van der Waals surface area contributed by atoms with Gasteiger partial charge in [-0.05, 0) is 62.9 Å². The van der Waals surface area contributed by atoms with Crippen LogP contribution in [0.4, 0.5) is 0 Å². The lowest BCUT2D eigenvalue weighted by atomic mass is 9.84. The van der Waals surface area contributed by atoms with Gasteiger partial charge >= 0.3 is 11.9 Å². The molecule has 0 fully saturated rings. The number of H-pyrrole nitrogens is 2. The number of ether oxygens (including phenoxy) is 2. The maximum Gasteiger partial charge on any atom is 0.321 e. The summed E-state index contributed by atoms with van der Waals surface area (Å²) in [4.78, 5) is 43.0. The fourth-order valence-electron chi connectivity index (χ4n) is 7.74. The number of aromatic nitrogens is 4. The summed E-state index contributed by atoms with van der Waals surface area (Å²) in [5, 5.41) is 23.8. The summed E-state index contributed by atoms with van der Waals surface area (Å²) in [6.45, 7) is 11.9. The molecular weight excluding hydrogens is 584 g/mol. The Morgan fingerprint density at radius 3 is 2.17 bits per heavy atom. The molecule has 0 aromatic carbocycles. The zero-order valence-corrected chi connectivity index (χ0v) is 27.7. The van der Waals surface area contributed by atoms with Crippen molar-refractivity contribution in [2.45, 2.75) is 90.4 Å². The molecule has 6 rings (SSSR count). The van der Waals surface area contributed by atoms with Crippen LogP contribution in [0.3, 0.4) is 0 Å². The van der Waals surface area contributed by atoms with Gasteiger partial charge in [-0.1, -0.05) is 20.8 Å². The highest BCUT2D eigenvalue weighted by Gasteiger charge is 2.41. The molecule has 0 spiro atoms. The van der Waals surface area contributed by atoms with Crippen molar-refractivity contribution in [2.24, 2.45) is 0 Å². The Morgan fingerprint density at radius 1 is 0.891 bits per heavy atom. The third-order valence-corrected chi connectivity index (χ3v) is 10.4. The average molecular weight is 627 g/mol.